The number of anilines is 1. The van der Waals surface area contributed by atoms with E-state index < -0.39 is 17.8 Å². The van der Waals surface area contributed by atoms with Gasteiger partial charge >= 0.3 is 0 Å². The van der Waals surface area contributed by atoms with Gasteiger partial charge in [-0.2, -0.15) is 0 Å². The molecule has 1 saturated carbocycles. The molecule has 0 bridgehead atoms. The molecule has 1 aromatic heterocycles. The van der Waals surface area contributed by atoms with Gasteiger partial charge in [-0.05, 0) is 54.2 Å². The monoisotopic (exact) mass is 474 g/mol. The molecule has 35 heavy (non-hydrogen) atoms. The lowest BCUT2D eigenvalue weighted by Gasteiger charge is -2.33. The van der Waals surface area contributed by atoms with Crippen molar-refractivity contribution in [2.45, 2.75) is 64.0 Å². The SMILES string of the molecule is CC(C)c1ccc([C@@H](C(=O)NC2CCCCC2)N(C(=O)c2cnccn2)c2ccc(F)cc2)cc1. The molecule has 182 valence electrons. The summed E-state index contributed by atoms with van der Waals surface area (Å²) >= 11 is 0. The Balaban J connectivity index is 1.79. The average Bonchev–Trinajstić information content (AvgIpc) is 2.88. The van der Waals surface area contributed by atoms with E-state index in [-0.39, 0.29) is 17.6 Å². The molecule has 1 fully saturated rings. The van der Waals surface area contributed by atoms with Crippen LogP contribution in [0.2, 0.25) is 0 Å². The Bertz CT molecular complexity index is 1130. The lowest BCUT2D eigenvalue weighted by atomic mass is 9.94. The number of benzene rings is 2. The lowest BCUT2D eigenvalue weighted by molar-refractivity contribution is -0.123. The zero-order chi connectivity index (χ0) is 24.8. The van der Waals surface area contributed by atoms with Crippen LogP contribution < -0.4 is 10.2 Å². The van der Waals surface area contributed by atoms with Crippen LogP contribution in [0.4, 0.5) is 10.1 Å². The Morgan fingerprint density at radius 2 is 1.60 bits per heavy atom. The Kier molecular flexibility index (Phi) is 7.85. The van der Waals surface area contributed by atoms with E-state index in [4.69, 9.17) is 0 Å². The fourth-order valence-electron chi connectivity index (χ4n) is 4.53. The molecule has 1 N–H and O–H groups in total. The number of nitrogens with one attached hydrogen (secondary N) is 1. The molecule has 7 heteroatoms. The number of nitrogens with zero attached hydrogens (tertiary/aromatic N) is 3. The zero-order valence-corrected chi connectivity index (χ0v) is 20.2. The second-order valence-corrected chi connectivity index (χ2v) is 9.31. The molecule has 4 rings (SSSR count). The van der Waals surface area contributed by atoms with Crippen molar-refractivity contribution >= 4 is 17.5 Å². The minimum absolute atomic E-state index is 0.0652. The summed E-state index contributed by atoms with van der Waals surface area (Å²) in [5.74, 6) is -0.852. The van der Waals surface area contributed by atoms with Crippen molar-refractivity contribution in [1.29, 1.82) is 0 Å². The van der Waals surface area contributed by atoms with Gasteiger partial charge in [0.1, 0.15) is 17.6 Å². The number of aromatic nitrogens is 2. The topological polar surface area (TPSA) is 75.2 Å². The summed E-state index contributed by atoms with van der Waals surface area (Å²) in [6.07, 6.45) is 9.42. The van der Waals surface area contributed by atoms with Gasteiger partial charge in [0.2, 0.25) is 5.91 Å². The van der Waals surface area contributed by atoms with Gasteiger partial charge in [0, 0.05) is 24.1 Å². The van der Waals surface area contributed by atoms with Crippen LogP contribution in [-0.4, -0.2) is 27.8 Å². The van der Waals surface area contributed by atoms with Gasteiger partial charge in [0.25, 0.3) is 5.91 Å². The quantitative estimate of drug-likeness (QED) is 0.485. The van der Waals surface area contributed by atoms with Crippen molar-refractivity contribution < 1.29 is 14.0 Å². The van der Waals surface area contributed by atoms with E-state index >= 15 is 0 Å². The fraction of sp³-hybridized carbons (Fsp3) is 0.357. The first kappa shape index (κ1) is 24.5. The van der Waals surface area contributed by atoms with E-state index in [1.54, 1.807) is 0 Å². The first-order valence-corrected chi connectivity index (χ1v) is 12.2. The predicted molar refractivity (Wildman–Crippen MR) is 134 cm³/mol. The van der Waals surface area contributed by atoms with Crippen molar-refractivity contribution in [3.05, 3.63) is 89.8 Å². The highest BCUT2D eigenvalue weighted by Gasteiger charge is 2.35. The zero-order valence-electron chi connectivity index (χ0n) is 20.2. The summed E-state index contributed by atoms with van der Waals surface area (Å²) in [4.78, 5) is 37.2. The van der Waals surface area contributed by atoms with Crippen LogP contribution in [-0.2, 0) is 4.79 Å². The normalized spacial score (nSPS) is 15.0. The van der Waals surface area contributed by atoms with Gasteiger partial charge in [-0.3, -0.25) is 19.5 Å². The number of carbonyl (C=O) groups is 2. The van der Waals surface area contributed by atoms with Crippen LogP contribution in [0.3, 0.4) is 0 Å². The maximum Gasteiger partial charge on any atom is 0.279 e. The number of amides is 2. The van der Waals surface area contributed by atoms with Crippen molar-refractivity contribution in [3.8, 4) is 0 Å². The molecular formula is C28H31FN4O2. The molecular weight excluding hydrogens is 443 g/mol. The number of carbonyl (C=O) groups excluding carboxylic acids is 2. The average molecular weight is 475 g/mol. The Morgan fingerprint density at radius 1 is 0.943 bits per heavy atom. The molecule has 0 unspecified atom stereocenters. The van der Waals surface area contributed by atoms with Crippen LogP contribution >= 0.6 is 0 Å². The molecule has 0 spiro atoms. The minimum atomic E-state index is -0.960. The predicted octanol–water partition coefficient (Wildman–Crippen LogP) is 5.58. The van der Waals surface area contributed by atoms with Gasteiger partial charge in [-0.15, -0.1) is 0 Å². The number of hydrogen-bond donors (Lipinski definition) is 1. The summed E-state index contributed by atoms with van der Waals surface area (Å²) in [6.45, 7) is 4.20. The fourth-order valence-corrected chi connectivity index (χ4v) is 4.53. The van der Waals surface area contributed by atoms with Crippen molar-refractivity contribution in [2.24, 2.45) is 0 Å². The van der Waals surface area contributed by atoms with Gasteiger partial charge in [-0.1, -0.05) is 57.4 Å². The highest BCUT2D eigenvalue weighted by Crippen LogP contribution is 2.31. The van der Waals surface area contributed by atoms with E-state index in [1.807, 2.05) is 24.3 Å². The summed E-state index contributed by atoms with van der Waals surface area (Å²) < 4.78 is 13.8. The number of rotatable bonds is 7. The van der Waals surface area contributed by atoms with E-state index in [1.165, 1.54) is 54.2 Å². The second kappa shape index (κ2) is 11.2. The highest BCUT2D eigenvalue weighted by molar-refractivity contribution is 6.09. The molecule has 1 aliphatic rings. The van der Waals surface area contributed by atoms with Gasteiger partial charge in [-0.25, -0.2) is 9.37 Å². The minimum Gasteiger partial charge on any atom is -0.351 e. The molecule has 1 aliphatic carbocycles. The third-order valence-electron chi connectivity index (χ3n) is 6.48. The second-order valence-electron chi connectivity index (χ2n) is 9.31. The van der Waals surface area contributed by atoms with E-state index in [0.717, 1.165) is 31.2 Å². The Labute approximate surface area is 205 Å². The smallest absolute Gasteiger partial charge is 0.279 e. The van der Waals surface area contributed by atoms with E-state index in [0.29, 0.717) is 17.2 Å². The first-order chi connectivity index (χ1) is 16.9. The van der Waals surface area contributed by atoms with Crippen LogP contribution in [0, 0.1) is 5.82 Å². The van der Waals surface area contributed by atoms with Crippen LogP contribution in [0.1, 0.15) is 79.5 Å². The molecule has 0 radical (unpaired) electrons. The number of halogens is 1. The first-order valence-electron chi connectivity index (χ1n) is 12.2. The molecule has 1 heterocycles. The van der Waals surface area contributed by atoms with Crippen molar-refractivity contribution in [1.82, 2.24) is 15.3 Å². The third-order valence-corrected chi connectivity index (χ3v) is 6.48. The molecule has 0 aliphatic heterocycles. The van der Waals surface area contributed by atoms with E-state index in [9.17, 15) is 14.0 Å². The van der Waals surface area contributed by atoms with E-state index in [2.05, 4.69) is 29.1 Å². The van der Waals surface area contributed by atoms with Gasteiger partial charge in [0.05, 0.1) is 6.20 Å². The molecule has 6 nitrogen and oxygen atoms in total. The standard InChI is InChI=1S/C28H31FN4O2/c1-19(2)20-8-10-21(11-9-20)26(27(34)32-23-6-4-3-5-7-23)33(24-14-12-22(29)13-15-24)28(35)25-18-30-16-17-31-25/h8-19,23,26H,3-7H2,1-2H3,(H,32,34)/t26-/m0/s1. The summed E-state index contributed by atoms with van der Waals surface area (Å²) in [7, 11) is 0. The van der Waals surface area contributed by atoms with Gasteiger partial charge in [0.15, 0.2) is 0 Å². The molecule has 1 atom stereocenters. The highest BCUT2D eigenvalue weighted by atomic mass is 19.1. The lowest BCUT2D eigenvalue weighted by Crippen LogP contribution is -2.47. The molecule has 3 aromatic rings. The Hall–Kier alpha value is -3.61. The molecule has 2 amide bonds. The van der Waals surface area contributed by atoms with Crippen molar-refractivity contribution in [2.75, 3.05) is 4.90 Å². The van der Waals surface area contributed by atoms with Crippen LogP contribution in [0.15, 0.2) is 67.1 Å². The largest absolute Gasteiger partial charge is 0.351 e. The van der Waals surface area contributed by atoms with Crippen molar-refractivity contribution in [3.63, 3.8) is 0 Å². The maximum absolute atomic E-state index is 13.8. The Morgan fingerprint density at radius 3 is 2.20 bits per heavy atom. The molecule has 2 aromatic carbocycles. The summed E-state index contributed by atoms with van der Waals surface area (Å²) in [5, 5.41) is 3.18. The maximum atomic E-state index is 13.8. The molecule has 0 saturated heterocycles. The summed E-state index contributed by atoms with van der Waals surface area (Å²) in [5.41, 5.74) is 2.31. The third kappa shape index (κ3) is 5.91. The summed E-state index contributed by atoms with van der Waals surface area (Å²) in [6, 6.07) is 12.4. The van der Waals surface area contributed by atoms with Crippen LogP contribution in [0.5, 0.6) is 0 Å². The van der Waals surface area contributed by atoms with Crippen LogP contribution in [0.25, 0.3) is 0 Å². The number of hydrogen-bond acceptors (Lipinski definition) is 4. The van der Waals surface area contributed by atoms with Gasteiger partial charge < -0.3 is 5.32 Å².